The maximum absolute atomic E-state index is 13.9. The number of rotatable bonds is 5. The molecule has 0 amide bonds. The second kappa shape index (κ2) is 6.57. The highest BCUT2D eigenvalue weighted by Crippen LogP contribution is 2.37. The molecule has 2 nitrogen and oxygen atoms in total. The number of para-hydroxylation sites is 1. The van der Waals surface area contributed by atoms with E-state index in [4.69, 9.17) is 5.73 Å². The molecule has 1 aromatic carbocycles. The minimum Gasteiger partial charge on any atom is -0.376 e. The summed E-state index contributed by atoms with van der Waals surface area (Å²) in [4.78, 5) is 0. The first-order chi connectivity index (χ1) is 9.54. The number of halogens is 1. The van der Waals surface area contributed by atoms with Crippen LogP contribution < -0.4 is 11.1 Å². The molecule has 1 aliphatic carbocycles. The van der Waals surface area contributed by atoms with Crippen LogP contribution in [0.1, 0.15) is 46.0 Å². The van der Waals surface area contributed by atoms with Crippen molar-refractivity contribution in [3.63, 3.8) is 0 Å². The molecule has 0 spiro atoms. The summed E-state index contributed by atoms with van der Waals surface area (Å²) in [6.07, 6.45) is 5.78. The van der Waals surface area contributed by atoms with E-state index in [1.165, 1.54) is 25.3 Å². The van der Waals surface area contributed by atoms with E-state index < -0.39 is 0 Å². The summed E-state index contributed by atoms with van der Waals surface area (Å²) < 4.78 is 13.9. The Morgan fingerprint density at radius 2 is 2.15 bits per heavy atom. The molecule has 0 bridgehead atoms. The third-order valence-corrected chi connectivity index (χ3v) is 4.42. The van der Waals surface area contributed by atoms with Gasteiger partial charge >= 0.3 is 0 Å². The Morgan fingerprint density at radius 3 is 2.80 bits per heavy atom. The normalized spacial score (nSPS) is 26.8. The predicted octanol–water partition coefficient (Wildman–Crippen LogP) is 4.17. The van der Waals surface area contributed by atoms with E-state index in [-0.39, 0.29) is 11.4 Å². The van der Waals surface area contributed by atoms with Gasteiger partial charge in [-0.25, -0.2) is 4.39 Å². The zero-order valence-electron chi connectivity index (χ0n) is 12.7. The highest BCUT2D eigenvalue weighted by molar-refractivity contribution is 5.47. The van der Waals surface area contributed by atoms with Gasteiger partial charge in [0.2, 0.25) is 0 Å². The van der Waals surface area contributed by atoms with Gasteiger partial charge in [-0.1, -0.05) is 38.8 Å². The van der Waals surface area contributed by atoms with Gasteiger partial charge in [0.1, 0.15) is 5.82 Å². The lowest BCUT2D eigenvalue weighted by molar-refractivity contribution is 0.222. The molecule has 0 aromatic heterocycles. The van der Waals surface area contributed by atoms with Crippen LogP contribution in [0.15, 0.2) is 24.3 Å². The van der Waals surface area contributed by atoms with Crippen molar-refractivity contribution in [2.45, 2.75) is 51.5 Å². The van der Waals surface area contributed by atoms with Crippen molar-refractivity contribution in [1.29, 1.82) is 0 Å². The number of hydrogen-bond acceptors (Lipinski definition) is 2. The molecule has 1 aliphatic rings. The molecule has 2 rings (SSSR count). The van der Waals surface area contributed by atoms with E-state index in [1.54, 1.807) is 12.1 Å². The smallest absolute Gasteiger partial charge is 0.146 e. The second-order valence-electron chi connectivity index (χ2n) is 6.68. The van der Waals surface area contributed by atoms with Crippen LogP contribution in [-0.2, 0) is 0 Å². The maximum atomic E-state index is 13.9. The van der Waals surface area contributed by atoms with Crippen LogP contribution in [0.4, 0.5) is 10.1 Å². The SMILES string of the molecule is CC(C)CC1CCCC(CN)(Nc2ccccc2F)C1. The summed E-state index contributed by atoms with van der Waals surface area (Å²) in [6.45, 7) is 5.10. The van der Waals surface area contributed by atoms with E-state index in [0.29, 0.717) is 24.1 Å². The highest BCUT2D eigenvalue weighted by atomic mass is 19.1. The van der Waals surface area contributed by atoms with E-state index in [9.17, 15) is 4.39 Å². The molecular formula is C17H27FN2. The number of nitrogens with one attached hydrogen (secondary N) is 1. The molecule has 0 radical (unpaired) electrons. The Labute approximate surface area is 121 Å². The quantitative estimate of drug-likeness (QED) is 0.848. The zero-order chi connectivity index (χ0) is 14.6. The molecule has 2 unspecified atom stereocenters. The molecule has 0 heterocycles. The van der Waals surface area contributed by atoms with Gasteiger partial charge < -0.3 is 11.1 Å². The summed E-state index contributed by atoms with van der Waals surface area (Å²) in [7, 11) is 0. The predicted molar refractivity (Wildman–Crippen MR) is 83.2 cm³/mol. The highest BCUT2D eigenvalue weighted by Gasteiger charge is 2.35. The van der Waals surface area contributed by atoms with Crippen molar-refractivity contribution in [2.75, 3.05) is 11.9 Å². The summed E-state index contributed by atoms with van der Waals surface area (Å²) in [6, 6.07) is 6.89. The van der Waals surface area contributed by atoms with Crippen LogP contribution in [0.5, 0.6) is 0 Å². The van der Waals surface area contributed by atoms with Crippen molar-refractivity contribution >= 4 is 5.69 Å². The topological polar surface area (TPSA) is 38.0 Å². The van der Waals surface area contributed by atoms with Gasteiger partial charge in [0.25, 0.3) is 0 Å². The molecule has 20 heavy (non-hydrogen) atoms. The summed E-state index contributed by atoms with van der Waals surface area (Å²) in [5.74, 6) is 1.22. The molecule has 112 valence electrons. The van der Waals surface area contributed by atoms with Crippen molar-refractivity contribution < 1.29 is 4.39 Å². The minimum absolute atomic E-state index is 0.139. The standard InChI is InChI=1S/C17H27FN2/c1-13(2)10-14-6-5-9-17(11-14,12-19)20-16-8-4-3-7-15(16)18/h3-4,7-8,13-14,20H,5-6,9-12,19H2,1-2H3. The van der Waals surface area contributed by atoms with Gasteiger partial charge in [-0.05, 0) is 43.2 Å². The summed E-state index contributed by atoms with van der Waals surface area (Å²) in [5, 5.41) is 3.42. The molecule has 1 fully saturated rings. The zero-order valence-corrected chi connectivity index (χ0v) is 12.7. The van der Waals surface area contributed by atoms with Gasteiger partial charge in [-0.2, -0.15) is 0 Å². The lowest BCUT2D eigenvalue weighted by Crippen LogP contribution is -2.49. The van der Waals surface area contributed by atoms with Gasteiger partial charge in [-0.3, -0.25) is 0 Å². The van der Waals surface area contributed by atoms with Crippen molar-refractivity contribution in [3.8, 4) is 0 Å². The molecular weight excluding hydrogens is 251 g/mol. The Balaban J connectivity index is 2.10. The lowest BCUT2D eigenvalue weighted by atomic mass is 9.73. The van der Waals surface area contributed by atoms with E-state index in [2.05, 4.69) is 19.2 Å². The Morgan fingerprint density at radius 1 is 1.40 bits per heavy atom. The van der Waals surface area contributed by atoms with Crippen LogP contribution in [0.25, 0.3) is 0 Å². The van der Waals surface area contributed by atoms with Crippen molar-refractivity contribution in [3.05, 3.63) is 30.1 Å². The molecule has 3 N–H and O–H groups in total. The number of benzene rings is 1. The van der Waals surface area contributed by atoms with Gasteiger partial charge in [0.05, 0.1) is 5.69 Å². The first kappa shape index (κ1) is 15.3. The van der Waals surface area contributed by atoms with E-state index in [0.717, 1.165) is 12.8 Å². The summed E-state index contributed by atoms with van der Waals surface area (Å²) >= 11 is 0. The monoisotopic (exact) mass is 278 g/mol. The number of nitrogens with two attached hydrogens (primary N) is 1. The first-order valence-corrected chi connectivity index (χ1v) is 7.77. The van der Waals surface area contributed by atoms with Crippen LogP contribution in [-0.4, -0.2) is 12.1 Å². The van der Waals surface area contributed by atoms with E-state index >= 15 is 0 Å². The van der Waals surface area contributed by atoms with Crippen LogP contribution in [0, 0.1) is 17.7 Å². The van der Waals surface area contributed by atoms with Crippen LogP contribution in [0.3, 0.4) is 0 Å². The Hall–Kier alpha value is -1.09. The first-order valence-electron chi connectivity index (χ1n) is 7.77. The van der Waals surface area contributed by atoms with Crippen LogP contribution >= 0.6 is 0 Å². The van der Waals surface area contributed by atoms with Gasteiger partial charge in [-0.15, -0.1) is 0 Å². The average molecular weight is 278 g/mol. The Bertz CT molecular complexity index is 433. The molecule has 0 saturated heterocycles. The molecule has 2 atom stereocenters. The molecule has 0 aliphatic heterocycles. The fraction of sp³-hybridized carbons (Fsp3) is 0.647. The average Bonchev–Trinajstić information content (AvgIpc) is 2.41. The Kier molecular flexibility index (Phi) is 5.03. The third-order valence-electron chi connectivity index (χ3n) is 4.42. The summed E-state index contributed by atoms with van der Waals surface area (Å²) in [5.41, 5.74) is 6.49. The number of anilines is 1. The lowest BCUT2D eigenvalue weighted by Gasteiger charge is -2.42. The minimum atomic E-state index is -0.189. The fourth-order valence-electron chi connectivity index (χ4n) is 3.55. The third kappa shape index (κ3) is 3.72. The largest absolute Gasteiger partial charge is 0.376 e. The van der Waals surface area contributed by atoms with Gasteiger partial charge in [0.15, 0.2) is 0 Å². The van der Waals surface area contributed by atoms with Crippen LogP contribution in [0.2, 0.25) is 0 Å². The maximum Gasteiger partial charge on any atom is 0.146 e. The second-order valence-corrected chi connectivity index (χ2v) is 6.68. The van der Waals surface area contributed by atoms with E-state index in [1.807, 2.05) is 6.07 Å². The molecule has 1 aromatic rings. The van der Waals surface area contributed by atoms with Crippen molar-refractivity contribution in [1.82, 2.24) is 0 Å². The molecule has 1 saturated carbocycles. The fourth-order valence-corrected chi connectivity index (χ4v) is 3.55. The van der Waals surface area contributed by atoms with Gasteiger partial charge in [0, 0.05) is 12.1 Å². The number of hydrogen-bond donors (Lipinski definition) is 2. The van der Waals surface area contributed by atoms with Crippen molar-refractivity contribution in [2.24, 2.45) is 17.6 Å². The molecule has 3 heteroatoms.